The van der Waals surface area contributed by atoms with Gasteiger partial charge in [0.25, 0.3) is 0 Å². The molecule has 5 heteroatoms. The molecule has 1 aromatic heterocycles. The number of carbonyl (C=O) groups is 1. The van der Waals surface area contributed by atoms with Gasteiger partial charge >= 0.3 is 0 Å². The van der Waals surface area contributed by atoms with E-state index in [1.807, 2.05) is 24.3 Å². The summed E-state index contributed by atoms with van der Waals surface area (Å²) in [6.45, 7) is 4.21. The van der Waals surface area contributed by atoms with Crippen LogP contribution in [0, 0.1) is 17.2 Å². The van der Waals surface area contributed by atoms with Gasteiger partial charge in [0.1, 0.15) is 12.9 Å². The molecule has 1 heterocycles. The fourth-order valence-electron chi connectivity index (χ4n) is 2.24. The highest BCUT2D eigenvalue weighted by Crippen LogP contribution is 2.24. The van der Waals surface area contributed by atoms with E-state index in [-0.39, 0.29) is 12.5 Å². The topological polar surface area (TPSA) is 69.9 Å². The summed E-state index contributed by atoms with van der Waals surface area (Å²) in [5, 5.41) is 9.05. The number of anilines is 1. The van der Waals surface area contributed by atoms with Crippen molar-refractivity contribution in [3.63, 3.8) is 0 Å². The van der Waals surface area contributed by atoms with Gasteiger partial charge in [-0.3, -0.25) is 9.69 Å². The highest BCUT2D eigenvalue weighted by atomic mass is 16.2. The van der Waals surface area contributed by atoms with E-state index in [0.717, 1.165) is 23.2 Å². The molecule has 1 amide bonds. The van der Waals surface area contributed by atoms with Gasteiger partial charge < -0.3 is 0 Å². The molecule has 2 rings (SSSR count). The lowest BCUT2D eigenvalue weighted by Gasteiger charge is -2.21. The molecule has 0 aliphatic carbocycles. The Balaban J connectivity index is 2.26. The van der Waals surface area contributed by atoms with Crippen molar-refractivity contribution in [2.45, 2.75) is 26.7 Å². The Morgan fingerprint density at radius 3 is 2.65 bits per heavy atom. The van der Waals surface area contributed by atoms with E-state index in [9.17, 15) is 4.79 Å². The maximum atomic E-state index is 12.4. The second-order valence-corrected chi connectivity index (χ2v) is 5.75. The van der Waals surface area contributed by atoms with Gasteiger partial charge in [-0.15, -0.1) is 0 Å². The first-order chi connectivity index (χ1) is 11.1. The summed E-state index contributed by atoms with van der Waals surface area (Å²) in [6.07, 6.45) is 6.18. The zero-order chi connectivity index (χ0) is 16.7. The van der Waals surface area contributed by atoms with Crippen LogP contribution in [0.5, 0.6) is 0 Å². The van der Waals surface area contributed by atoms with Crippen LogP contribution < -0.4 is 4.90 Å². The molecule has 0 saturated heterocycles. The van der Waals surface area contributed by atoms with Gasteiger partial charge in [-0.2, -0.15) is 5.26 Å². The minimum atomic E-state index is -0.0262. The third-order valence-corrected chi connectivity index (χ3v) is 3.52. The normalized spacial score (nSPS) is 10.3. The van der Waals surface area contributed by atoms with E-state index in [2.05, 4.69) is 29.9 Å². The van der Waals surface area contributed by atoms with E-state index < -0.39 is 0 Å². The number of aromatic nitrogens is 2. The van der Waals surface area contributed by atoms with Crippen LogP contribution in [-0.2, 0) is 4.79 Å². The Labute approximate surface area is 136 Å². The summed E-state index contributed by atoms with van der Waals surface area (Å²) in [5.74, 6) is 0.428. The van der Waals surface area contributed by atoms with Crippen LogP contribution in [0.1, 0.15) is 26.7 Å². The predicted octanol–water partition coefficient (Wildman–Crippen LogP) is 3.44. The molecular weight excluding hydrogens is 288 g/mol. The Morgan fingerprint density at radius 1 is 1.26 bits per heavy atom. The van der Waals surface area contributed by atoms with E-state index in [4.69, 9.17) is 5.26 Å². The van der Waals surface area contributed by atoms with E-state index >= 15 is 0 Å². The fraction of sp³-hybridized carbons (Fsp3) is 0.333. The molecule has 0 bridgehead atoms. The molecular formula is C18H20N4O. The highest BCUT2D eigenvalue weighted by molar-refractivity contribution is 5.94. The molecule has 0 atom stereocenters. The molecule has 0 fully saturated rings. The summed E-state index contributed by atoms with van der Waals surface area (Å²) in [4.78, 5) is 22.0. The first-order valence-electron chi connectivity index (χ1n) is 7.64. The molecule has 118 valence electrons. The van der Waals surface area contributed by atoms with Gasteiger partial charge in [-0.25, -0.2) is 9.97 Å². The zero-order valence-electron chi connectivity index (χ0n) is 13.4. The van der Waals surface area contributed by atoms with Gasteiger partial charge in [-0.05, 0) is 30.0 Å². The maximum absolute atomic E-state index is 12.4. The van der Waals surface area contributed by atoms with Gasteiger partial charge in [0.15, 0.2) is 0 Å². The number of carbonyl (C=O) groups excluding carboxylic acids is 1. The van der Waals surface area contributed by atoms with Crippen LogP contribution in [0.3, 0.4) is 0 Å². The maximum Gasteiger partial charge on any atom is 0.227 e. The van der Waals surface area contributed by atoms with E-state index in [1.54, 1.807) is 12.4 Å². The lowest BCUT2D eigenvalue weighted by molar-refractivity contribution is -0.118. The second-order valence-electron chi connectivity index (χ2n) is 5.75. The lowest BCUT2D eigenvalue weighted by atomic mass is 10.1. The van der Waals surface area contributed by atoms with Gasteiger partial charge in [0, 0.05) is 30.1 Å². The molecule has 0 spiro atoms. The van der Waals surface area contributed by atoms with E-state index in [0.29, 0.717) is 12.3 Å². The van der Waals surface area contributed by atoms with Gasteiger partial charge in [0.05, 0.1) is 6.07 Å². The van der Waals surface area contributed by atoms with Gasteiger partial charge in [0.2, 0.25) is 5.91 Å². The zero-order valence-corrected chi connectivity index (χ0v) is 13.4. The fourth-order valence-corrected chi connectivity index (χ4v) is 2.24. The molecule has 0 radical (unpaired) electrons. The van der Waals surface area contributed by atoms with Crippen LogP contribution in [-0.4, -0.2) is 22.4 Å². The minimum Gasteiger partial charge on any atom is -0.299 e. The van der Waals surface area contributed by atoms with Gasteiger partial charge in [-0.1, -0.05) is 26.0 Å². The first-order valence-corrected chi connectivity index (χ1v) is 7.64. The van der Waals surface area contributed by atoms with Crippen molar-refractivity contribution in [2.24, 2.45) is 5.92 Å². The summed E-state index contributed by atoms with van der Waals surface area (Å²) in [7, 11) is 0. The number of hydrogen-bond donors (Lipinski definition) is 0. The van der Waals surface area contributed by atoms with Crippen molar-refractivity contribution < 1.29 is 4.79 Å². The lowest BCUT2D eigenvalue weighted by Crippen LogP contribution is -2.31. The largest absolute Gasteiger partial charge is 0.299 e. The molecule has 2 aromatic rings. The molecule has 0 aliphatic heterocycles. The van der Waals surface area contributed by atoms with Crippen LogP contribution in [0.25, 0.3) is 11.1 Å². The molecule has 0 unspecified atom stereocenters. The van der Waals surface area contributed by atoms with Crippen molar-refractivity contribution >= 4 is 11.6 Å². The number of benzene rings is 1. The average molecular weight is 308 g/mol. The van der Waals surface area contributed by atoms with E-state index in [1.165, 1.54) is 11.2 Å². The molecule has 23 heavy (non-hydrogen) atoms. The Kier molecular flexibility index (Phi) is 5.81. The summed E-state index contributed by atoms with van der Waals surface area (Å²) in [6, 6.07) is 9.62. The van der Waals surface area contributed by atoms with Crippen molar-refractivity contribution in [1.29, 1.82) is 5.26 Å². The van der Waals surface area contributed by atoms with Crippen molar-refractivity contribution in [2.75, 3.05) is 11.4 Å². The average Bonchev–Trinajstić information content (AvgIpc) is 2.58. The van der Waals surface area contributed by atoms with Crippen LogP contribution in [0.2, 0.25) is 0 Å². The van der Waals surface area contributed by atoms with Crippen LogP contribution in [0.15, 0.2) is 43.0 Å². The third-order valence-electron chi connectivity index (χ3n) is 3.52. The Bertz CT molecular complexity index is 692. The first kappa shape index (κ1) is 16.6. The number of rotatable bonds is 6. The number of amides is 1. The highest BCUT2D eigenvalue weighted by Gasteiger charge is 2.16. The summed E-state index contributed by atoms with van der Waals surface area (Å²) >= 11 is 0. The predicted molar refractivity (Wildman–Crippen MR) is 89.5 cm³/mol. The quantitative estimate of drug-likeness (QED) is 0.766. The minimum absolute atomic E-state index is 0.0262. The van der Waals surface area contributed by atoms with Crippen LogP contribution in [0.4, 0.5) is 5.69 Å². The molecule has 0 saturated carbocycles. The van der Waals surface area contributed by atoms with Crippen molar-refractivity contribution in [3.8, 4) is 17.2 Å². The van der Waals surface area contributed by atoms with Crippen molar-refractivity contribution in [3.05, 3.63) is 43.0 Å². The number of hydrogen-bond acceptors (Lipinski definition) is 4. The smallest absolute Gasteiger partial charge is 0.227 e. The molecule has 0 N–H and O–H groups in total. The second kappa shape index (κ2) is 8.04. The molecule has 5 nitrogen and oxygen atoms in total. The van der Waals surface area contributed by atoms with Crippen molar-refractivity contribution in [1.82, 2.24) is 9.97 Å². The standard InChI is InChI=1S/C18H20N4O/c1-14(2)6-7-18(23)22(9-8-19)17-5-3-4-15(10-17)16-11-20-13-21-12-16/h3-5,10-14H,6-7,9H2,1-2H3. The summed E-state index contributed by atoms with van der Waals surface area (Å²) < 4.78 is 0. The Hall–Kier alpha value is -2.74. The molecule has 1 aromatic carbocycles. The number of nitriles is 1. The number of nitrogens with zero attached hydrogens (tertiary/aromatic N) is 4. The monoisotopic (exact) mass is 308 g/mol. The Morgan fingerprint density at radius 2 is 2.00 bits per heavy atom. The summed E-state index contributed by atoms with van der Waals surface area (Å²) in [5.41, 5.74) is 2.52. The SMILES string of the molecule is CC(C)CCC(=O)N(CC#N)c1cccc(-c2cncnc2)c1. The molecule has 0 aliphatic rings. The van der Waals surface area contributed by atoms with Crippen LogP contribution >= 0.6 is 0 Å². The third kappa shape index (κ3) is 4.62.